The average Bonchev–Trinajstić information content (AvgIpc) is 3.17. The van der Waals surface area contributed by atoms with Crippen molar-refractivity contribution in [2.75, 3.05) is 26.5 Å². The summed E-state index contributed by atoms with van der Waals surface area (Å²) in [4.78, 5) is 31.5. The zero-order valence-corrected chi connectivity index (χ0v) is 21.0. The Balaban J connectivity index is 1.87. The van der Waals surface area contributed by atoms with Gasteiger partial charge in [-0.3, -0.25) is 14.5 Å². The second-order valence-corrected chi connectivity index (χ2v) is 9.71. The molecule has 0 radical (unpaired) electrons. The molecule has 6 nitrogen and oxygen atoms in total. The van der Waals surface area contributed by atoms with Crippen LogP contribution in [0, 0.1) is 6.92 Å². The smallest absolute Gasteiger partial charge is 0.254 e. The maximum atomic E-state index is 14.2. The van der Waals surface area contributed by atoms with Crippen LogP contribution in [0.5, 0.6) is 5.75 Å². The number of halogens is 1. The van der Waals surface area contributed by atoms with Crippen LogP contribution in [0.25, 0.3) is 0 Å². The minimum Gasteiger partial charge on any atom is -0.496 e. The van der Waals surface area contributed by atoms with Gasteiger partial charge in [-0.05, 0) is 42.2 Å². The van der Waals surface area contributed by atoms with E-state index in [4.69, 9.17) is 16.3 Å². The number of anilines is 1. The Morgan fingerprint density at radius 3 is 2.49 bits per heavy atom. The second kappa shape index (κ2) is 8.70. The quantitative estimate of drug-likeness (QED) is 0.591. The van der Waals surface area contributed by atoms with Crippen molar-refractivity contribution in [3.05, 3.63) is 93.5 Å². The van der Waals surface area contributed by atoms with Crippen LogP contribution in [0.3, 0.4) is 0 Å². The number of carbonyl (C=O) groups excluding carboxylic acids is 2. The molecule has 2 aliphatic heterocycles. The maximum absolute atomic E-state index is 14.2. The molecule has 1 N–H and O–H groups in total. The van der Waals surface area contributed by atoms with Gasteiger partial charge in [0.1, 0.15) is 5.75 Å². The van der Waals surface area contributed by atoms with Crippen LogP contribution in [-0.2, 0) is 28.1 Å². The van der Waals surface area contributed by atoms with Crippen molar-refractivity contribution < 1.29 is 14.3 Å². The van der Waals surface area contributed by atoms with Gasteiger partial charge < -0.3 is 15.0 Å². The highest BCUT2D eigenvalue weighted by atomic mass is 35.5. The molecule has 2 atom stereocenters. The molecule has 2 heterocycles. The fraction of sp³-hybridized carbons (Fsp3) is 0.286. The molecule has 0 fully saturated rings. The number of nitrogens with one attached hydrogen (secondary N) is 1. The topological polar surface area (TPSA) is 61.9 Å². The van der Waals surface area contributed by atoms with E-state index in [0.29, 0.717) is 40.6 Å². The first-order valence-corrected chi connectivity index (χ1v) is 12.0. The maximum Gasteiger partial charge on any atom is 0.254 e. The first-order chi connectivity index (χ1) is 16.8. The summed E-state index contributed by atoms with van der Waals surface area (Å²) in [5.74, 6) is 0.238. The number of amides is 2. The summed E-state index contributed by atoms with van der Waals surface area (Å²) in [6.07, 6.45) is 0.482. The van der Waals surface area contributed by atoms with Crippen LogP contribution >= 0.6 is 11.6 Å². The van der Waals surface area contributed by atoms with Crippen LogP contribution in [0.2, 0.25) is 5.02 Å². The van der Waals surface area contributed by atoms with Gasteiger partial charge in [0.15, 0.2) is 5.54 Å². The van der Waals surface area contributed by atoms with Crippen LogP contribution < -0.4 is 10.1 Å². The number of aryl methyl sites for hydroxylation is 1. The number of para-hydroxylation sites is 1. The Morgan fingerprint density at radius 1 is 1.09 bits per heavy atom. The van der Waals surface area contributed by atoms with Crippen molar-refractivity contribution in [2.24, 2.45) is 0 Å². The molecule has 0 aromatic heterocycles. The van der Waals surface area contributed by atoms with Crippen molar-refractivity contribution >= 4 is 29.1 Å². The minimum atomic E-state index is -1.37. The number of nitrogens with zero attached hydrogens (tertiary/aromatic N) is 2. The molecule has 7 heteroatoms. The average molecular weight is 490 g/mol. The Bertz CT molecular complexity index is 1340. The number of likely N-dealkylation sites (N-methyl/N-ethyl adjacent to an activating group) is 1. The van der Waals surface area contributed by atoms with Gasteiger partial charge in [-0.1, -0.05) is 60.1 Å². The van der Waals surface area contributed by atoms with Gasteiger partial charge in [0.05, 0.1) is 18.2 Å². The monoisotopic (exact) mass is 489 g/mol. The first-order valence-electron chi connectivity index (χ1n) is 11.6. The van der Waals surface area contributed by atoms with Gasteiger partial charge >= 0.3 is 0 Å². The molecule has 180 valence electrons. The summed E-state index contributed by atoms with van der Waals surface area (Å²) in [6.45, 7) is 2.32. The molecule has 2 aliphatic rings. The lowest BCUT2D eigenvalue weighted by Gasteiger charge is -2.47. The Morgan fingerprint density at radius 2 is 1.77 bits per heavy atom. The van der Waals surface area contributed by atoms with Crippen molar-refractivity contribution in [1.29, 1.82) is 0 Å². The number of hydrogen-bond acceptors (Lipinski definition) is 4. The van der Waals surface area contributed by atoms with Gasteiger partial charge in [-0.2, -0.15) is 0 Å². The molecule has 1 unspecified atom stereocenters. The van der Waals surface area contributed by atoms with E-state index in [1.807, 2.05) is 60.4 Å². The van der Waals surface area contributed by atoms with E-state index in [1.54, 1.807) is 26.1 Å². The van der Waals surface area contributed by atoms with Crippen molar-refractivity contribution in [3.8, 4) is 5.75 Å². The number of carbonyl (C=O) groups is 2. The van der Waals surface area contributed by atoms with E-state index < -0.39 is 11.6 Å². The number of ether oxygens (including phenoxy) is 1. The first kappa shape index (κ1) is 23.4. The summed E-state index contributed by atoms with van der Waals surface area (Å²) in [5.41, 5.74) is 3.63. The standard InChI is InChI=1S/C28H28ClN3O3/c1-17-13-14-21-24(25(17)29)28(27(34)30-21,20-11-7-8-12-23(20)35-4)32-16-19-10-6-5-9-18(19)15-22(32)26(33)31(2)3/h5-14,22H,15-16H2,1-4H3,(H,30,34)/t22-,28?/m0/s1. The van der Waals surface area contributed by atoms with E-state index in [-0.39, 0.29) is 11.8 Å². The number of rotatable bonds is 4. The number of methoxy groups -OCH3 is 1. The van der Waals surface area contributed by atoms with Gasteiger partial charge in [0.25, 0.3) is 5.91 Å². The molecular weight excluding hydrogens is 462 g/mol. The molecule has 0 saturated heterocycles. The Labute approximate surface area is 210 Å². The third-order valence-electron chi connectivity index (χ3n) is 7.18. The fourth-order valence-electron chi connectivity index (χ4n) is 5.49. The lowest BCUT2D eigenvalue weighted by atomic mass is 9.77. The molecule has 0 aliphatic carbocycles. The predicted molar refractivity (Wildman–Crippen MR) is 137 cm³/mol. The number of hydrogen-bond donors (Lipinski definition) is 1. The lowest BCUT2D eigenvalue weighted by Crippen LogP contribution is -2.61. The summed E-state index contributed by atoms with van der Waals surface area (Å²) < 4.78 is 5.77. The third-order valence-corrected chi connectivity index (χ3v) is 7.66. The molecule has 35 heavy (non-hydrogen) atoms. The SMILES string of the molecule is COc1ccccc1C1(N2Cc3ccccc3C[C@H]2C(=O)N(C)C)C(=O)Nc2ccc(C)c(Cl)c21. The molecular formula is C28H28ClN3O3. The summed E-state index contributed by atoms with van der Waals surface area (Å²) >= 11 is 6.99. The van der Waals surface area contributed by atoms with Crippen molar-refractivity contribution in [3.63, 3.8) is 0 Å². The normalized spacial score (nSPS) is 21.2. The molecule has 0 bridgehead atoms. The van der Waals surface area contributed by atoms with Gasteiger partial charge in [0.2, 0.25) is 5.91 Å². The van der Waals surface area contributed by atoms with E-state index >= 15 is 0 Å². The zero-order chi connectivity index (χ0) is 24.9. The van der Waals surface area contributed by atoms with Crippen LogP contribution in [0.4, 0.5) is 5.69 Å². The summed E-state index contributed by atoms with van der Waals surface area (Å²) in [6, 6.07) is 18.8. The van der Waals surface area contributed by atoms with Gasteiger partial charge in [-0.25, -0.2) is 0 Å². The highest BCUT2D eigenvalue weighted by molar-refractivity contribution is 6.34. The highest BCUT2D eigenvalue weighted by Gasteiger charge is 2.59. The van der Waals surface area contributed by atoms with E-state index in [1.165, 1.54) is 0 Å². The Kier molecular flexibility index (Phi) is 5.82. The molecule has 2 amide bonds. The van der Waals surface area contributed by atoms with Crippen molar-refractivity contribution in [2.45, 2.75) is 31.5 Å². The number of fused-ring (bicyclic) bond motifs is 2. The van der Waals surface area contributed by atoms with Gasteiger partial charge in [-0.15, -0.1) is 0 Å². The van der Waals surface area contributed by atoms with E-state index in [0.717, 1.165) is 16.7 Å². The third kappa shape index (κ3) is 3.43. The van der Waals surface area contributed by atoms with Gasteiger partial charge in [0, 0.05) is 37.5 Å². The molecule has 0 spiro atoms. The molecule has 3 aromatic rings. The second-order valence-electron chi connectivity index (χ2n) is 9.33. The Hall–Kier alpha value is -3.35. The highest BCUT2D eigenvalue weighted by Crippen LogP contribution is 2.53. The molecule has 3 aromatic carbocycles. The predicted octanol–water partition coefficient (Wildman–Crippen LogP) is 4.37. The van der Waals surface area contributed by atoms with E-state index in [9.17, 15) is 9.59 Å². The lowest BCUT2D eigenvalue weighted by molar-refractivity contribution is -0.141. The van der Waals surface area contributed by atoms with Crippen molar-refractivity contribution in [1.82, 2.24) is 9.80 Å². The summed E-state index contributed by atoms with van der Waals surface area (Å²) in [7, 11) is 5.08. The van der Waals surface area contributed by atoms with Crippen LogP contribution in [-0.4, -0.2) is 48.9 Å². The molecule has 0 saturated carbocycles. The molecule has 5 rings (SSSR count). The largest absolute Gasteiger partial charge is 0.496 e. The van der Waals surface area contributed by atoms with Crippen LogP contribution in [0.15, 0.2) is 60.7 Å². The van der Waals surface area contributed by atoms with E-state index in [2.05, 4.69) is 17.4 Å². The fourth-order valence-corrected chi connectivity index (χ4v) is 5.79. The van der Waals surface area contributed by atoms with Crippen LogP contribution in [0.1, 0.15) is 27.8 Å². The number of benzene rings is 3. The summed E-state index contributed by atoms with van der Waals surface area (Å²) in [5, 5.41) is 3.57. The zero-order valence-electron chi connectivity index (χ0n) is 20.3. The minimum absolute atomic E-state index is 0.0706.